The molecule has 2 heterocycles. The van der Waals surface area contributed by atoms with Gasteiger partial charge in [-0.25, -0.2) is 9.97 Å². The molecular formula is C21H15F3N4O2. The molecular weight excluding hydrogens is 397 g/mol. The number of carbonyl (C=O) groups excluding carboxylic acids is 1. The first-order valence-corrected chi connectivity index (χ1v) is 8.83. The second kappa shape index (κ2) is 7.51. The molecule has 0 atom stereocenters. The van der Waals surface area contributed by atoms with Gasteiger partial charge in [-0.2, -0.15) is 13.2 Å². The van der Waals surface area contributed by atoms with Crippen LogP contribution in [0.15, 0.2) is 67.1 Å². The molecule has 1 amide bonds. The van der Waals surface area contributed by atoms with Gasteiger partial charge in [-0.1, -0.05) is 0 Å². The Bertz CT molecular complexity index is 1200. The van der Waals surface area contributed by atoms with Crippen LogP contribution in [-0.4, -0.2) is 20.4 Å². The summed E-state index contributed by atoms with van der Waals surface area (Å²) in [6.07, 6.45) is 0.194. The van der Waals surface area contributed by atoms with Crippen LogP contribution in [0.1, 0.15) is 15.9 Å². The van der Waals surface area contributed by atoms with Gasteiger partial charge in [0.1, 0.15) is 5.75 Å². The van der Waals surface area contributed by atoms with E-state index in [1.165, 1.54) is 12.4 Å². The number of hydrogen-bond acceptors (Lipinski definition) is 4. The van der Waals surface area contributed by atoms with Crippen molar-refractivity contribution in [2.75, 3.05) is 5.32 Å². The molecule has 0 radical (unpaired) electrons. The molecule has 4 aromatic rings. The molecule has 152 valence electrons. The zero-order chi connectivity index (χ0) is 21.3. The number of fused-ring (bicyclic) bond motifs is 1. The van der Waals surface area contributed by atoms with Crippen LogP contribution in [0, 0.1) is 0 Å². The summed E-state index contributed by atoms with van der Waals surface area (Å²) in [6, 6.07) is 11.6. The number of nitrogens with one attached hydrogen (secondary N) is 1. The lowest BCUT2D eigenvalue weighted by Crippen LogP contribution is -2.13. The number of ether oxygens (including phenoxy) is 1. The lowest BCUT2D eigenvalue weighted by Gasteiger charge is -2.09. The molecule has 0 bridgehead atoms. The van der Waals surface area contributed by atoms with Crippen LogP contribution < -0.4 is 10.1 Å². The number of halogens is 3. The Labute approximate surface area is 169 Å². The van der Waals surface area contributed by atoms with Crippen molar-refractivity contribution >= 4 is 22.5 Å². The number of anilines is 1. The van der Waals surface area contributed by atoms with Crippen molar-refractivity contribution in [3.8, 4) is 11.8 Å². The number of aryl methyl sites for hydroxylation is 1. The van der Waals surface area contributed by atoms with E-state index >= 15 is 0 Å². The van der Waals surface area contributed by atoms with E-state index in [1.807, 2.05) is 36.0 Å². The molecule has 2 aromatic carbocycles. The molecule has 0 unspecified atom stereocenters. The highest BCUT2D eigenvalue weighted by molar-refractivity contribution is 6.04. The minimum Gasteiger partial charge on any atom is -0.424 e. The predicted molar refractivity (Wildman–Crippen MR) is 104 cm³/mol. The molecule has 0 fully saturated rings. The van der Waals surface area contributed by atoms with Crippen molar-refractivity contribution in [1.29, 1.82) is 0 Å². The fraction of sp³-hybridized carbons (Fsp3) is 0.0952. The second-order valence-corrected chi connectivity index (χ2v) is 6.53. The van der Waals surface area contributed by atoms with Gasteiger partial charge in [0.25, 0.3) is 5.91 Å². The van der Waals surface area contributed by atoms with Gasteiger partial charge >= 0.3 is 12.2 Å². The van der Waals surface area contributed by atoms with Crippen molar-refractivity contribution in [2.24, 2.45) is 7.05 Å². The van der Waals surface area contributed by atoms with E-state index in [1.54, 1.807) is 6.07 Å². The maximum Gasteiger partial charge on any atom is 0.416 e. The van der Waals surface area contributed by atoms with Crippen molar-refractivity contribution in [3.63, 3.8) is 0 Å². The Morgan fingerprint density at radius 1 is 1.03 bits per heavy atom. The molecule has 0 aliphatic carbocycles. The topological polar surface area (TPSA) is 69.0 Å². The van der Waals surface area contributed by atoms with Crippen molar-refractivity contribution < 1.29 is 22.7 Å². The number of amides is 1. The molecule has 30 heavy (non-hydrogen) atoms. The van der Waals surface area contributed by atoms with Crippen molar-refractivity contribution in [3.05, 3.63) is 78.2 Å². The first-order chi connectivity index (χ1) is 14.3. The largest absolute Gasteiger partial charge is 0.424 e. The zero-order valence-corrected chi connectivity index (χ0v) is 15.6. The Kier molecular flexibility index (Phi) is 4.86. The number of carbonyl (C=O) groups is 1. The van der Waals surface area contributed by atoms with Crippen LogP contribution in [0.2, 0.25) is 0 Å². The summed E-state index contributed by atoms with van der Waals surface area (Å²) < 4.78 is 45.4. The normalized spacial score (nSPS) is 11.5. The molecule has 1 N–H and O–H groups in total. The SMILES string of the molecule is Cn1ccc2ccc(Oc3ncc(NC(=O)c4ccc(C(F)(F)F)cc4)cn3)cc21. The highest BCUT2D eigenvalue weighted by Crippen LogP contribution is 2.29. The van der Waals surface area contributed by atoms with Gasteiger partial charge in [0.15, 0.2) is 0 Å². The summed E-state index contributed by atoms with van der Waals surface area (Å²) in [7, 11) is 1.93. The minimum atomic E-state index is -4.45. The van der Waals surface area contributed by atoms with E-state index in [0.29, 0.717) is 5.75 Å². The maximum atomic E-state index is 12.6. The highest BCUT2D eigenvalue weighted by atomic mass is 19.4. The Morgan fingerprint density at radius 3 is 2.40 bits per heavy atom. The maximum absolute atomic E-state index is 12.6. The van der Waals surface area contributed by atoms with Gasteiger partial charge in [-0.05, 0) is 47.9 Å². The van der Waals surface area contributed by atoms with Crippen LogP contribution in [0.4, 0.5) is 18.9 Å². The van der Waals surface area contributed by atoms with Gasteiger partial charge in [0.05, 0.1) is 29.2 Å². The molecule has 0 saturated heterocycles. The third kappa shape index (κ3) is 4.09. The minimum absolute atomic E-state index is 0.0826. The van der Waals surface area contributed by atoms with Gasteiger partial charge in [0, 0.05) is 24.9 Å². The Hall–Kier alpha value is -3.88. The summed E-state index contributed by atoms with van der Waals surface area (Å²) in [6.45, 7) is 0. The van der Waals surface area contributed by atoms with Gasteiger partial charge < -0.3 is 14.6 Å². The number of rotatable bonds is 4. The molecule has 6 nitrogen and oxygen atoms in total. The summed E-state index contributed by atoms with van der Waals surface area (Å²) in [4.78, 5) is 20.3. The van der Waals surface area contributed by atoms with E-state index in [4.69, 9.17) is 4.74 Å². The van der Waals surface area contributed by atoms with E-state index in [2.05, 4.69) is 15.3 Å². The van der Waals surface area contributed by atoms with Gasteiger partial charge in [0.2, 0.25) is 0 Å². The third-order valence-electron chi connectivity index (χ3n) is 4.43. The first kappa shape index (κ1) is 19.4. The number of aromatic nitrogens is 3. The average Bonchev–Trinajstić information content (AvgIpc) is 3.09. The molecule has 0 saturated carbocycles. The number of alkyl halides is 3. The molecule has 0 aliphatic heterocycles. The van der Waals surface area contributed by atoms with Crippen LogP contribution in [0.25, 0.3) is 10.9 Å². The van der Waals surface area contributed by atoms with E-state index < -0.39 is 17.6 Å². The Balaban J connectivity index is 1.42. The summed E-state index contributed by atoms with van der Waals surface area (Å²) in [5.74, 6) is -0.0130. The summed E-state index contributed by atoms with van der Waals surface area (Å²) in [5.41, 5.74) is 0.537. The van der Waals surface area contributed by atoms with E-state index in [0.717, 1.165) is 35.2 Å². The number of hydrogen-bond donors (Lipinski definition) is 1. The fourth-order valence-electron chi connectivity index (χ4n) is 2.86. The Morgan fingerprint density at radius 2 is 1.73 bits per heavy atom. The number of benzene rings is 2. The standard InChI is InChI=1S/C21H15F3N4O2/c1-28-9-8-13-4-7-17(10-18(13)28)30-20-25-11-16(12-26-20)27-19(29)14-2-5-15(6-3-14)21(22,23)24/h2-12H,1H3,(H,27,29). The summed E-state index contributed by atoms with van der Waals surface area (Å²) >= 11 is 0. The van der Waals surface area contributed by atoms with Crippen LogP contribution in [0.3, 0.4) is 0 Å². The molecule has 2 aromatic heterocycles. The molecule has 0 aliphatic rings. The summed E-state index contributed by atoms with van der Waals surface area (Å²) in [5, 5.41) is 3.61. The molecule has 9 heteroatoms. The second-order valence-electron chi connectivity index (χ2n) is 6.53. The van der Waals surface area contributed by atoms with Crippen LogP contribution in [-0.2, 0) is 13.2 Å². The smallest absolute Gasteiger partial charge is 0.416 e. The van der Waals surface area contributed by atoms with Crippen LogP contribution in [0.5, 0.6) is 11.8 Å². The van der Waals surface area contributed by atoms with Gasteiger partial charge in [-0.15, -0.1) is 0 Å². The third-order valence-corrected chi connectivity index (χ3v) is 4.43. The predicted octanol–water partition coefficient (Wildman–Crippen LogP) is 5.03. The van der Waals surface area contributed by atoms with Crippen molar-refractivity contribution in [1.82, 2.24) is 14.5 Å². The monoisotopic (exact) mass is 412 g/mol. The number of nitrogens with zero attached hydrogens (tertiary/aromatic N) is 3. The highest BCUT2D eigenvalue weighted by Gasteiger charge is 2.30. The van der Waals surface area contributed by atoms with Gasteiger partial charge in [-0.3, -0.25) is 4.79 Å². The van der Waals surface area contributed by atoms with E-state index in [-0.39, 0.29) is 17.3 Å². The zero-order valence-electron chi connectivity index (χ0n) is 15.6. The average molecular weight is 412 g/mol. The van der Waals surface area contributed by atoms with Crippen LogP contribution >= 0.6 is 0 Å². The van der Waals surface area contributed by atoms with Crippen molar-refractivity contribution in [2.45, 2.75) is 6.18 Å². The first-order valence-electron chi connectivity index (χ1n) is 8.83. The molecule has 4 rings (SSSR count). The fourth-order valence-corrected chi connectivity index (χ4v) is 2.86. The van der Waals surface area contributed by atoms with E-state index in [9.17, 15) is 18.0 Å². The lowest BCUT2D eigenvalue weighted by atomic mass is 10.1. The molecule has 0 spiro atoms. The lowest BCUT2D eigenvalue weighted by molar-refractivity contribution is -0.137. The quantitative estimate of drug-likeness (QED) is 0.510.